The summed E-state index contributed by atoms with van der Waals surface area (Å²) in [5.74, 6) is 1.24. The largest absolute Gasteiger partial charge is 0.369 e. The number of anilines is 1. The van der Waals surface area contributed by atoms with Crippen LogP contribution in [-0.4, -0.2) is 16.5 Å². The van der Waals surface area contributed by atoms with Crippen LogP contribution in [0.25, 0.3) is 0 Å². The van der Waals surface area contributed by atoms with E-state index in [4.69, 9.17) is 0 Å². The van der Waals surface area contributed by atoms with Crippen molar-refractivity contribution in [2.24, 2.45) is 0 Å². The van der Waals surface area contributed by atoms with E-state index >= 15 is 0 Å². The molecular formula is C14H15FIN3. The molecule has 0 fully saturated rings. The molecule has 0 atom stereocenters. The highest BCUT2D eigenvalue weighted by atomic mass is 127. The van der Waals surface area contributed by atoms with Gasteiger partial charge in [0.05, 0.1) is 9.26 Å². The van der Waals surface area contributed by atoms with Crippen LogP contribution in [0.5, 0.6) is 0 Å². The van der Waals surface area contributed by atoms with Crippen LogP contribution in [-0.2, 0) is 6.42 Å². The Morgan fingerprint density at radius 3 is 2.68 bits per heavy atom. The number of benzene rings is 1. The average Bonchev–Trinajstić information content (AvgIpc) is 2.38. The lowest BCUT2D eigenvalue weighted by molar-refractivity contribution is 0.612. The van der Waals surface area contributed by atoms with E-state index in [1.165, 1.54) is 6.07 Å². The van der Waals surface area contributed by atoms with Crippen LogP contribution in [0.1, 0.15) is 24.0 Å². The van der Waals surface area contributed by atoms with Gasteiger partial charge < -0.3 is 5.32 Å². The summed E-state index contributed by atoms with van der Waals surface area (Å²) in [6.07, 6.45) is 0.406. The Bertz CT molecular complexity index is 587. The highest BCUT2D eigenvalue weighted by Gasteiger charge is 2.10. The van der Waals surface area contributed by atoms with Crippen molar-refractivity contribution in [3.8, 4) is 0 Å². The van der Waals surface area contributed by atoms with Gasteiger partial charge in [-0.3, -0.25) is 0 Å². The smallest absolute Gasteiger partial charge is 0.143 e. The molecule has 0 saturated carbocycles. The van der Waals surface area contributed by atoms with Gasteiger partial charge in [-0.25, -0.2) is 14.4 Å². The molecule has 2 aromatic rings. The van der Waals surface area contributed by atoms with Gasteiger partial charge in [-0.05, 0) is 48.1 Å². The van der Waals surface area contributed by atoms with E-state index in [0.29, 0.717) is 17.8 Å². The molecule has 0 amide bonds. The van der Waals surface area contributed by atoms with Crippen LogP contribution in [0.2, 0.25) is 0 Å². The molecule has 5 heteroatoms. The molecule has 0 aliphatic carbocycles. The molecule has 0 aliphatic heterocycles. The van der Waals surface area contributed by atoms with Crippen LogP contribution in [0.3, 0.4) is 0 Å². The summed E-state index contributed by atoms with van der Waals surface area (Å²) in [4.78, 5) is 8.89. The molecule has 0 aliphatic rings. The Labute approximate surface area is 125 Å². The average molecular weight is 371 g/mol. The van der Waals surface area contributed by atoms with Gasteiger partial charge in [0.2, 0.25) is 0 Å². The van der Waals surface area contributed by atoms with Crippen molar-refractivity contribution < 1.29 is 4.39 Å². The zero-order chi connectivity index (χ0) is 13.8. The Hall–Kier alpha value is -1.24. The van der Waals surface area contributed by atoms with Crippen LogP contribution in [0.4, 0.5) is 10.2 Å². The summed E-state index contributed by atoms with van der Waals surface area (Å²) in [6.45, 7) is 4.75. The van der Waals surface area contributed by atoms with E-state index in [1.54, 1.807) is 12.1 Å². The van der Waals surface area contributed by atoms with E-state index in [9.17, 15) is 4.39 Å². The summed E-state index contributed by atoms with van der Waals surface area (Å²) < 4.78 is 14.6. The number of hydrogen-bond acceptors (Lipinski definition) is 3. The maximum Gasteiger partial charge on any atom is 0.143 e. The third-order valence-corrected chi connectivity index (χ3v) is 4.01. The molecule has 1 aromatic heterocycles. The van der Waals surface area contributed by atoms with Crippen molar-refractivity contribution >= 4 is 28.4 Å². The van der Waals surface area contributed by atoms with Crippen molar-refractivity contribution in [2.75, 3.05) is 11.9 Å². The van der Waals surface area contributed by atoms with Gasteiger partial charge >= 0.3 is 0 Å². The zero-order valence-corrected chi connectivity index (χ0v) is 13.0. The standard InChI is InChI=1S/C14H15FIN3/c1-3-17-14-13(16)9(2)18-12(19-14)8-10-6-4-5-7-11(10)15/h4-7H,3,8H2,1-2H3,(H,17,18,19). The van der Waals surface area contributed by atoms with Crippen molar-refractivity contribution in [1.82, 2.24) is 9.97 Å². The number of nitrogens with one attached hydrogen (secondary N) is 1. The number of aryl methyl sites for hydroxylation is 1. The SMILES string of the molecule is CCNc1nc(Cc2ccccc2F)nc(C)c1I. The first-order valence-electron chi connectivity index (χ1n) is 6.12. The van der Waals surface area contributed by atoms with Gasteiger partial charge in [-0.15, -0.1) is 0 Å². The summed E-state index contributed by atoms with van der Waals surface area (Å²) >= 11 is 2.22. The van der Waals surface area contributed by atoms with Gasteiger partial charge in [0.1, 0.15) is 17.5 Å². The summed E-state index contributed by atoms with van der Waals surface area (Å²) in [5, 5.41) is 3.21. The Morgan fingerprint density at radius 2 is 2.00 bits per heavy atom. The second-order valence-electron chi connectivity index (χ2n) is 4.19. The predicted octanol–water partition coefficient (Wildman–Crippen LogP) is 3.55. The third kappa shape index (κ3) is 3.40. The normalized spacial score (nSPS) is 10.5. The lowest BCUT2D eigenvalue weighted by Crippen LogP contribution is -2.09. The topological polar surface area (TPSA) is 37.8 Å². The fraction of sp³-hybridized carbons (Fsp3) is 0.286. The van der Waals surface area contributed by atoms with Gasteiger partial charge in [0.15, 0.2) is 0 Å². The molecular weight excluding hydrogens is 356 g/mol. The number of nitrogens with zero attached hydrogens (tertiary/aromatic N) is 2. The van der Waals surface area contributed by atoms with Gasteiger partial charge in [-0.1, -0.05) is 18.2 Å². The lowest BCUT2D eigenvalue weighted by atomic mass is 10.1. The molecule has 100 valence electrons. The van der Waals surface area contributed by atoms with Gasteiger partial charge in [0.25, 0.3) is 0 Å². The number of rotatable bonds is 4. The van der Waals surface area contributed by atoms with Crippen molar-refractivity contribution in [3.05, 3.63) is 50.7 Å². The Kier molecular flexibility index (Phi) is 4.68. The second kappa shape index (κ2) is 6.27. The summed E-state index contributed by atoms with van der Waals surface area (Å²) in [6, 6.07) is 6.73. The minimum atomic E-state index is -0.215. The second-order valence-corrected chi connectivity index (χ2v) is 5.27. The van der Waals surface area contributed by atoms with Gasteiger partial charge in [0, 0.05) is 13.0 Å². The summed E-state index contributed by atoms with van der Waals surface area (Å²) in [5.41, 5.74) is 1.53. The fourth-order valence-corrected chi connectivity index (χ4v) is 2.22. The van der Waals surface area contributed by atoms with Crippen LogP contribution >= 0.6 is 22.6 Å². The molecule has 19 heavy (non-hydrogen) atoms. The predicted molar refractivity (Wildman–Crippen MR) is 82.9 cm³/mol. The maximum absolute atomic E-state index is 13.6. The summed E-state index contributed by atoms with van der Waals surface area (Å²) in [7, 11) is 0. The minimum absolute atomic E-state index is 0.215. The monoisotopic (exact) mass is 371 g/mol. The lowest BCUT2D eigenvalue weighted by Gasteiger charge is -2.10. The van der Waals surface area contributed by atoms with Crippen molar-refractivity contribution in [3.63, 3.8) is 0 Å². The number of hydrogen-bond donors (Lipinski definition) is 1. The number of halogens is 2. The maximum atomic E-state index is 13.6. The first-order valence-corrected chi connectivity index (χ1v) is 7.20. The molecule has 0 radical (unpaired) electrons. The zero-order valence-electron chi connectivity index (χ0n) is 10.9. The molecule has 0 bridgehead atoms. The highest BCUT2D eigenvalue weighted by molar-refractivity contribution is 14.1. The molecule has 1 heterocycles. The molecule has 1 N–H and O–H groups in total. The quantitative estimate of drug-likeness (QED) is 0.836. The van der Waals surface area contributed by atoms with Crippen LogP contribution in [0, 0.1) is 16.3 Å². The van der Waals surface area contributed by atoms with E-state index in [0.717, 1.165) is 21.6 Å². The third-order valence-electron chi connectivity index (χ3n) is 2.71. The van der Waals surface area contributed by atoms with Gasteiger partial charge in [-0.2, -0.15) is 0 Å². The Balaban J connectivity index is 2.33. The fourth-order valence-electron chi connectivity index (χ4n) is 1.79. The molecule has 0 spiro atoms. The molecule has 1 aromatic carbocycles. The molecule has 0 saturated heterocycles. The number of aromatic nitrogens is 2. The van der Waals surface area contributed by atoms with Crippen LogP contribution in [0.15, 0.2) is 24.3 Å². The van der Waals surface area contributed by atoms with Crippen LogP contribution < -0.4 is 5.32 Å². The van der Waals surface area contributed by atoms with E-state index in [2.05, 4.69) is 37.9 Å². The van der Waals surface area contributed by atoms with E-state index in [1.807, 2.05) is 19.9 Å². The first-order chi connectivity index (χ1) is 9.11. The molecule has 2 rings (SSSR count). The van der Waals surface area contributed by atoms with Crippen molar-refractivity contribution in [1.29, 1.82) is 0 Å². The first kappa shape index (κ1) is 14.2. The minimum Gasteiger partial charge on any atom is -0.369 e. The van der Waals surface area contributed by atoms with E-state index in [-0.39, 0.29) is 5.82 Å². The Morgan fingerprint density at radius 1 is 1.26 bits per heavy atom. The van der Waals surface area contributed by atoms with Crippen molar-refractivity contribution in [2.45, 2.75) is 20.3 Å². The highest BCUT2D eigenvalue weighted by Crippen LogP contribution is 2.20. The van der Waals surface area contributed by atoms with E-state index < -0.39 is 0 Å². The molecule has 3 nitrogen and oxygen atoms in total. The molecule has 0 unspecified atom stereocenters.